The fourth-order valence-corrected chi connectivity index (χ4v) is 3.40. The smallest absolute Gasteiger partial charge is 0.247 e. The molecule has 0 heterocycles. The molecule has 3 rings (SSSR count). The molecule has 0 aromatic heterocycles. The van der Waals surface area contributed by atoms with Gasteiger partial charge in [-0.15, -0.1) is 0 Å². The van der Waals surface area contributed by atoms with Crippen molar-refractivity contribution >= 4 is 23.4 Å². The normalized spacial score (nSPS) is 11.6. The van der Waals surface area contributed by atoms with Crippen LogP contribution in [-0.2, 0) is 22.7 Å². The number of hydrogen-bond acceptors (Lipinski definition) is 2. The molecule has 30 heavy (non-hydrogen) atoms. The number of nitrogens with one attached hydrogen (secondary N) is 1. The quantitative estimate of drug-likeness (QED) is 0.581. The minimum Gasteiger partial charge on any atom is -0.350 e. The lowest BCUT2D eigenvalue weighted by atomic mass is 10.0. The number of benzene rings is 3. The number of nitrogens with zero attached hydrogens (tertiary/aromatic N) is 1. The van der Waals surface area contributed by atoms with E-state index in [1.165, 1.54) is 6.92 Å². The molecule has 3 aromatic carbocycles. The van der Waals surface area contributed by atoms with E-state index in [4.69, 9.17) is 11.6 Å². The van der Waals surface area contributed by atoms with E-state index in [0.29, 0.717) is 18.1 Å². The summed E-state index contributed by atoms with van der Waals surface area (Å²) in [6, 6.07) is 23.9. The zero-order valence-corrected chi connectivity index (χ0v) is 17.9. The Bertz CT molecular complexity index is 986. The summed E-state index contributed by atoms with van der Waals surface area (Å²) in [6.45, 7) is 4.22. The van der Waals surface area contributed by atoms with Gasteiger partial charge in [-0.2, -0.15) is 0 Å². The third-order valence-electron chi connectivity index (χ3n) is 4.93. The first-order valence-electron chi connectivity index (χ1n) is 9.84. The first kappa shape index (κ1) is 21.6. The Balaban J connectivity index is 1.85. The van der Waals surface area contributed by atoms with Crippen molar-refractivity contribution < 1.29 is 9.59 Å². The second-order valence-corrected chi connectivity index (χ2v) is 7.73. The fraction of sp³-hybridized carbons (Fsp3) is 0.200. The van der Waals surface area contributed by atoms with Gasteiger partial charge in [0.25, 0.3) is 0 Å². The van der Waals surface area contributed by atoms with E-state index >= 15 is 0 Å². The van der Waals surface area contributed by atoms with Gasteiger partial charge in [0, 0.05) is 25.0 Å². The van der Waals surface area contributed by atoms with Crippen molar-refractivity contribution in [3.05, 3.63) is 106 Å². The summed E-state index contributed by atoms with van der Waals surface area (Å²) in [5.41, 5.74) is 3.84. The summed E-state index contributed by atoms with van der Waals surface area (Å²) in [7, 11) is 0. The third kappa shape index (κ3) is 5.71. The van der Waals surface area contributed by atoms with Gasteiger partial charge in [-0.25, -0.2) is 0 Å². The molecule has 0 aliphatic rings. The van der Waals surface area contributed by atoms with Gasteiger partial charge in [-0.1, -0.05) is 83.9 Å². The van der Waals surface area contributed by atoms with Crippen LogP contribution in [0.5, 0.6) is 0 Å². The maximum atomic E-state index is 13.2. The molecule has 0 unspecified atom stereocenters. The Morgan fingerprint density at radius 2 is 1.50 bits per heavy atom. The molecule has 0 saturated carbocycles. The molecule has 0 bridgehead atoms. The maximum absolute atomic E-state index is 13.2. The Hall–Kier alpha value is -3.11. The number of carbonyl (C=O) groups excluding carboxylic acids is 2. The fourth-order valence-electron chi connectivity index (χ4n) is 3.27. The zero-order valence-electron chi connectivity index (χ0n) is 17.1. The summed E-state index contributed by atoms with van der Waals surface area (Å²) < 4.78 is 0. The summed E-state index contributed by atoms with van der Waals surface area (Å²) in [4.78, 5) is 27.4. The lowest BCUT2D eigenvalue weighted by molar-refractivity contribution is -0.140. The molecule has 4 nitrogen and oxygen atoms in total. The third-order valence-corrected chi connectivity index (χ3v) is 5.19. The SMILES string of the molecule is CC(=O)N(Cc1ccc(Cl)cc1)[C@H](C(=O)NCc1ccc(C)cc1)c1ccccc1. The average molecular weight is 421 g/mol. The summed E-state index contributed by atoms with van der Waals surface area (Å²) >= 11 is 5.98. The predicted molar refractivity (Wildman–Crippen MR) is 120 cm³/mol. The maximum Gasteiger partial charge on any atom is 0.247 e. The standard InChI is InChI=1S/C25H25ClN2O2/c1-18-8-10-20(11-9-18)16-27-25(30)24(22-6-4-3-5-7-22)28(19(2)29)17-21-12-14-23(26)15-13-21/h3-15,24H,16-17H2,1-2H3,(H,27,30)/t24-/m0/s1. The molecule has 2 amide bonds. The molecule has 0 aliphatic heterocycles. The van der Waals surface area contributed by atoms with Crippen LogP contribution in [0.3, 0.4) is 0 Å². The number of amides is 2. The van der Waals surface area contributed by atoms with Gasteiger partial charge in [0.05, 0.1) is 0 Å². The van der Waals surface area contributed by atoms with E-state index in [2.05, 4.69) is 5.32 Å². The molecule has 0 spiro atoms. The van der Waals surface area contributed by atoms with E-state index in [1.54, 1.807) is 17.0 Å². The largest absolute Gasteiger partial charge is 0.350 e. The Labute approximate surface area is 182 Å². The predicted octanol–water partition coefficient (Wildman–Crippen LogP) is 5.05. The molecule has 1 atom stereocenters. The van der Waals surface area contributed by atoms with Crippen molar-refractivity contribution in [3.8, 4) is 0 Å². The summed E-state index contributed by atoms with van der Waals surface area (Å²) in [5.74, 6) is -0.393. The highest BCUT2D eigenvalue weighted by Crippen LogP contribution is 2.24. The highest BCUT2D eigenvalue weighted by molar-refractivity contribution is 6.30. The van der Waals surface area contributed by atoms with Crippen LogP contribution in [0.1, 0.15) is 35.2 Å². The van der Waals surface area contributed by atoms with Crippen molar-refractivity contribution in [1.29, 1.82) is 0 Å². The van der Waals surface area contributed by atoms with E-state index < -0.39 is 6.04 Å². The van der Waals surface area contributed by atoms with Crippen LogP contribution >= 0.6 is 11.6 Å². The molecule has 3 aromatic rings. The van der Waals surface area contributed by atoms with E-state index in [-0.39, 0.29) is 11.8 Å². The highest BCUT2D eigenvalue weighted by Gasteiger charge is 2.29. The Morgan fingerprint density at radius 1 is 0.900 bits per heavy atom. The van der Waals surface area contributed by atoms with Crippen molar-refractivity contribution in [2.24, 2.45) is 0 Å². The van der Waals surface area contributed by atoms with E-state index in [0.717, 1.165) is 22.3 Å². The van der Waals surface area contributed by atoms with Gasteiger partial charge in [-0.05, 0) is 35.7 Å². The van der Waals surface area contributed by atoms with Crippen molar-refractivity contribution in [1.82, 2.24) is 10.2 Å². The van der Waals surface area contributed by atoms with Gasteiger partial charge in [0.15, 0.2) is 0 Å². The van der Waals surface area contributed by atoms with Crippen LogP contribution in [-0.4, -0.2) is 16.7 Å². The molecular formula is C25H25ClN2O2. The minimum atomic E-state index is -0.732. The van der Waals surface area contributed by atoms with Gasteiger partial charge >= 0.3 is 0 Å². The van der Waals surface area contributed by atoms with Crippen molar-refractivity contribution in [2.75, 3.05) is 0 Å². The second kappa shape index (κ2) is 10.1. The number of hydrogen-bond donors (Lipinski definition) is 1. The van der Waals surface area contributed by atoms with Gasteiger partial charge in [-0.3, -0.25) is 9.59 Å². The van der Waals surface area contributed by atoms with Crippen LogP contribution in [0.25, 0.3) is 0 Å². The van der Waals surface area contributed by atoms with Crippen molar-refractivity contribution in [3.63, 3.8) is 0 Å². The molecule has 0 fully saturated rings. The first-order chi connectivity index (χ1) is 14.4. The number of rotatable bonds is 7. The monoisotopic (exact) mass is 420 g/mol. The van der Waals surface area contributed by atoms with Crippen molar-refractivity contribution in [2.45, 2.75) is 33.0 Å². The van der Waals surface area contributed by atoms with Crippen LogP contribution in [0.2, 0.25) is 5.02 Å². The molecule has 1 N–H and O–H groups in total. The molecule has 0 saturated heterocycles. The number of aryl methyl sites for hydroxylation is 1. The van der Waals surface area contributed by atoms with E-state index in [9.17, 15) is 9.59 Å². The van der Waals surface area contributed by atoms with E-state index in [1.807, 2.05) is 73.7 Å². The number of carbonyl (C=O) groups is 2. The Morgan fingerprint density at radius 3 is 2.10 bits per heavy atom. The molecule has 0 radical (unpaired) electrons. The highest BCUT2D eigenvalue weighted by atomic mass is 35.5. The molecule has 5 heteroatoms. The van der Waals surface area contributed by atoms with Crippen LogP contribution < -0.4 is 5.32 Å². The number of halogens is 1. The Kier molecular flexibility index (Phi) is 7.26. The van der Waals surface area contributed by atoms with Crippen LogP contribution in [0.4, 0.5) is 0 Å². The molecule has 0 aliphatic carbocycles. The zero-order chi connectivity index (χ0) is 21.5. The van der Waals surface area contributed by atoms with Gasteiger partial charge < -0.3 is 10.2 Å². The minimum absolute atomic E-state index is 0.177. The lowest BCUT2D eigenvalue weighted by Crippen LogP contribution is -2.42. The second-order valence-electron chi connectivity index (χ2n) is 7.29. The van der Waals surface area contributed by atoms with Crippen LogP contribution in [0, 0.1) is 6.92 Å². The average Bonchev–Trinajstić information content (AvgIpc) is 2.75. The topological polar surface area (TPSA) is 49.4 Å². The summed E-state index contributed by atoms with van der Waals surface area (Å²) in [6.07, 6.45) is 0. The summed E-state index contributed by atoms with van der Waals surface area (Å²) in [5, 5.41) is 3.62. The van der Waals surface area contributed by atoms with Gasteiger partial charge in [0.2, 0.25) is 11.8 Å². The first-order valence-corrected chi connectivity index (χ1v) is 10.2. The molecule has 154 valence electrons. The lowest BCUT2D eigenvalue weighted by Gasteiger charge is -2.30. The van der Waals surface area contributed by atoms with Crippen LogP contribution in [0.15, 0.2) is 78.9 Å². The molecular weight excluding hydrogens is 396 g/mol. The van der Waals surface area contributed by atoms with Gasteiger partial charge in [0.1, 0.15) is 6.04 Å².